The highest BCUT2D eigenvalue weighted by Crippen LogP contribution is 2.15. The van der Waals surface area contributed by atoms with E-state index >= 15 is 0 Å². The number of hydrogen-bond donors (Lipinski definition) is 1. The third kappa shape index (κ3) is 6.06. The van der Waals surface area contributed by atoms with E-state index in [2.05, 4.69) is 82.1 Å². The van der Waals surface area contributed by atoms with Gasteiger partial charge in [0.25, 0.3) is 0 Å². The molecule has 20 heavy (non-hydrogen) atoms. The van der Waals surface area contributed by atoms with Gasteiger partial charge in [-0.1, -0.05) is 44.2 Å². The maximum atomic E-state index is 3.62. The first-order valence-electron chi connectivity index (χ1n) is 7.86. The molecule has 1 aromatic rings. The van der Waals surface area contributed by atoms with Crippen LogP contribution in [0.1, 0.15) is 47.1 Å². The van der Waals surface area contributed by atoms with Crippen molar-refractivity contribution in [2.75, 3.05) is 13.1 Å². The molecule has 0 bridgehead atoms. The van der Waals surface area contributed by atoms with Crippen molar-refractivity contribution in [1.29, 1.82) is 0 Å². The van der Waals surface area contributed by atoms with Crippen LogP contribution in [0, 0.1) is 5.92 Å². The van der Waals surface area contributed by atoms with Gasteiger partial charge in [0, 0.05) is 18.1 Å². The summed E-state index contributed by atoms with van der Waals surface area (Å²) in [6.45, 7) is 16.8. The largest absolute Gasteiger partial charge is 0.312 e. The van der Waals surface area contributed by atoms with Gasteiger partial charge in [-0.15, -0.1) is 0 Å². The van der Waals surface area contributed by atoms with Gasteiger partial charge in [0.2, 0.25) is 0 Å². The standard InChI is InChI=1S/C18H32N2/c1-7-20(14-17-11-9-8-10-12-17)16(3)15(2)13-19-18(4,5)6/h8-12,15-16,19H,7,13-14H2,1-6H3. The Bertz CT molecular complexity index is 367. The molecule has 0 spiro atoms. The average molecular weight is 276 g/mol. The highest BCUT2D eigenvalue weighted by molar-refractivity contribution is 5.14. The summed E-state index contributed by atoms with van der Waals surface area (Å²) >= 11 is 0. The molecule has 0 aliphatic heterocycles. The molecule has 1 rings (SSSR count). The molecule has 0 amide bonds. The van der Waals surface area contributed by atoms with Crippen molar-refractivity contribution in [1.82, 2.24) is 10.2 Å². The Morgan fingerprint density at radius 3 is 2.20 bits per heavy atom. The highest BCUT2D eigenvalue weighted by Gasteiger charge is 2.20. The lowest BCUT2D eigenvalue weighted by molar-refractivity contribution is 0.154. The Morgan fingerprint density at radius 2 is 1.70 bits per heavy atom. The van der Waals surface area contributed by atoms with Gasteiger partial charge < -0.3 is 5.32 Å². The van der Waals surface area contributed by atoms with Crippen molar-refractivity contribution in [2.24, 2.45) is 5.92 Å². The van der Waals surface area contributed by atoms with Crippen molar-refractivity contribution in [3.05, 3.63) is 35.9 Å². The Morgan fingerprint density at radius 1 is 1.10 bits per heavy atom. The van der Waals surface area contributed by atoms with Crippen LogP contribution in [0.25, 0.3) is 0 Å². The molecule has 0 fully saturated rings. The zero-order valence-electron chi connectivity index (χ0n) is 14.1. The van der Waals surface area contributed by atoms with Crippen molar-refractivity contribution in [3.8, 4) is 0 Å². The fraction of sp³-hybridized carbons (Fsp3) is 0.667. The summed E-state index contributed by atoms with van der Waals surface area (Å²) in [6, 6.07) is 11.3. The predicted molar refractivity (Wildman–Crippen MR) is 88.9 cm³/mol. The Labute approximate surface area is 125 Å². The molecule has 0 aliphatic rings. The number of nitrogens with zero attached hydrogens (tertiary/aromatic N) is 1. The van der Waals surface area contributed by atoms with Crippen LogP contribution in [0.5, 0.6) is 0 Å². The number of hydrogen-bond acceptors (Lipinski definition) is 2. The van der Waals surface area contributed by atoms with Crippen LogP contribution in [0.2, 0.25) is 0 Å². The number of nitrogens with one attached hydrogen (secondary N) is 1. The second kappa shape index (κ2) is 7.80. The van der Waals surface area contributed by atoms with Gasteiger partial charge in [0.15, 0.2) is 0 Å². The molecule has 2 unspecified atom stereocenters. The summed E-state index contributed by atoms with van der Waals surface area (Å²) in [4.78, 5) is 2.56. The van der Waals surface area contributed by atoms with Crippen molar-refractivity contribution in [2.45, 2.75) is 59.7 Å². The topological polar surface area (TPSA) is 15.3 Å². The Kier molecular flexibility index (Phi) is 6.70. The summed E-state index contributed by atoms with van der Waals surface area (Å²) in [5.41, 5.74) is 1.60. The summed E-state index contributed by atoms with van der Waals surface area (Å²) < 4.78 is 0. The highest BCUT2D eigenvalue weighted by atomic mass is 15.2. The molecular formula is C18H32N2. The minimum absolute atomic E-state index is 0.199. The molecular weight excluding hydrogens is 244 g/mol. The molecule has 2 nitrogen and oxygen atoms in total. The van der Waals surface area contributed by atoms with Crippen LogP contribution in [-0.4, -0.2) is 29.6 Å². The molecule has 1 aromatic carbocycles. The molecule has 0 radical (unpaired) electrons. The van der Waals surface area contributed by atoms with E-state index in [0.717, 1.165) is 19.6 Å². The molecule has 0 saturated heterocycles. The summed E-state index contributed by atoms with van der Waals surface area (Å²) in [5.74, 6) is 0.637. The molecule has 1 N–H and O–H groups in total. The quantitative estimate of drug-likeness (QED) is 0.812. The van der Waals surface area contributed by atoms with Gasteiger partial charge in [0.1, 0.15) is 0 Å². The van der Waals surface area contributed by atoms with E-state index in [9.17, 15) is 0 Å². The molecule has 114 valence electrons. The maximum absolute atomic E-state index is 3.62. The first kappa shape index (κ1) is 17.2. The van der Waals surface area contributed by atoms with Crippen LogP contribution in [0.15, 0.2) is 30.3 Å². The smallest absolute Gasteiger partial charge is 0.0236 e. The van der Waals surface area contributed by atoms with Crippen molar-refractivity contribution < 1.29 is 0 Å². The third-order valence-corrected chi connectivity index (χ3v) is 3.99. The molecule has 2 heteroatoms. The van der Waals surface area contributed by atoms with Gasteiger partial charge >= 0.3 is 0 Å². The van der Waals surface area contributed by atoms with E-state index < -0.39 is 0 Å². The first-order chi connectivity index (χ1) is 9.33. The van der Waals surface area contributed by atoms with E-state index in [1.54, 1.807) is 0 Å². The van der Waals surface area contributed by atoms with Crippen LogP contribution in [0.4, 0.5) is 0 Å². The predicted octanol–water partition coefficient (Wildman–Crippen LogP) is 3.92. The van der Waals surface area contributed by atoms with Gasteiger partial charge in [0.05, 0.1) is 0 Å². The maximum Gasteiger partial charge on any atom is 0.0236 e. The SMILES string of the molecule is CCN(Cc1ccccc1)C(C)C(C)CNC(C)(C)C. The second-order valence-corrected chi connectivity index (χ2v) is 6.90. The molecule has 0 aromatic heterocycles. The minimum Gasteiger partial charge on any atom is -0.312 e. The minimum atomic E-state index is 0.199. The normalized spacial score (nSPS) is 15.3. The van der Waals surface area contributed by atoms with Crippen LogP contribution in [-0.2, 0) is 6.54 Å². The average Bonchev–Trinajstić information content (AvgIpc) is 2.41. The summed E-state index contributed by atoms with van der Waals surface area (Å²) in [7, 11) is 0. The van der Waals surface area contributed by atoms with Gasteiger partial charge in [-0.05, 0) is 52.3 Å². The van der Waals surface area contributed by atoms with Gasteiger partial charge in [-0.25, -0.2) is 0 Å². The zero-order valence-corrected chi connectivity index (χ0v) is 14.1. The lowest BCUT2D eigenvalue weighted by atomic mass is 9.99. The van der Waals surface area contributed by atoms with Crippen molar-refractivity contribution >= 4 is 0 Å². The Balaban J connectivity index is 2.55. The first-order valence-corrected chi connectivity index (χ1v) is 7.86. The third-order valence-electron chi connectivity index (χ3n) is 3.99. The van der Waals surface area contributed by atoms with Gasteiger partial charge in [-0.2, -0.15) is 0 Å². The van der Waals surface area contributed by atoms with E-state index in [0.29, 0.717) is 12.0 Å². The van der Waals surface area contributed by atoms with Crippen LogP contribution in [0.3, 0.4) is 0 Å². The molecule has 0 heterocycles. The monoisotopic (exact) mass is 276 g/mol. The second-order valence-electron chi connectivity index (χ2n) is 6.90. The van der Waals surface area contributed by atoms with Crippen LogP contribution < -0.4 is 5.32 Å². The lowest BCUT2D eigenvalue weighted by Gasteiger charge is -2.34. The molecule has 0 saturated carbocycles. The van der Waals surface area contributed by atoms with Crippen molar-refractivity contribution in [3.63, 3.8) is 0 Å². The summed E-state index contributed by atoms with van der Waals surface area (Å²) in [5, 5.41) is 3.62. The molecule has 0 aliphatic carbocycles. The van der Waals surface area contributed by atoms with E-state index in [1.807, 2.05) is 0 Å². The Hall–Kier alpha value is -0.860. The van der Waals surface area contributed by atoms with E-state index in [1.165, 1.54) is 5.56 Å². The number of benzene rings is 1. The fourth-order valence-electron chi connectivity index (χ4n) is 2.36. The lowest BCUT2D eigenvalue weighted by Crippen LogP contribution is -2.45. The van der Waals surface area contributed by atoms with E-state index in [-0.39, 0.29) is 5.54 Å². The summed E-state index contributed by atoms with van der Waals surface area (Å²) in [6.07, 6.45) is 0. The fourth-order valence-corrected chi connectivity index (χ4v) is 2.36. The van der Waals surface area contributed by atoms with Gasteiger partial charge in [-0.3, -0.25) is 4.90 Å². The zero-order chi connectivity index (χ0) is 15.2. The van der Waals surface area contributed by atoms with E-state index in [4.69, 9.17) is 0 Å². The molecule has 2 atom stereocenters. The number of rotatable bonds is 7. The van der Waals surface area contributed by atoms with Crippen LogP contribution >= 0.6 is 0 Å².